The van der Waals surface area contributed by atoms with Crippen LogP contribution in [0.1, 0.15) is 5.56 Å². The van der Waals surface area contributed by atoms with Gasteiger partial charge in [0.15, 0.2) is 6.29 Å². The summed E-state index contributed by atoms with van der Waals surface area (Å²) in [5.74, 6) is -3.30. The molecular formula is C9H7ClF2O. The predicted octanol–water partition coefficient (Wildman–Crippen LogP) is 2.72. The Morgan fingerprint density at radius 2 is 2.15 bits per heavy atom. The molecular weight excluding hydrogens is 198 g/mol. The van der Waals surface area contributed by atoms with E-state index in [-0.39, 0.29) is 6.29 Å². The van der Waals surface area contributed by atoms with Crippen molar-refractivity contribution in [1.29, 1.82) is 0 Å². The second kappa shape index (κ2) is 3.83. The Balaban J connectivity index is 2.80. The summed E-state index contributed by atoms with van der Waals surface area (Å²) in [7, 11) is 0. The van der Waals surface area contributed by atoms with Crippen LogP contribution in [0.2, 0.25) is 5.02 Å². The zero-order valence-corrected chi connectivity index (χ0v) is 7.39. The van der Waals surface area contributed by atoms with Crippen LogP contribution in [0.15, 0.2) is 24.3 Å². The molecule has 0 N–H and O–H groups in total. The van der Waals surface area contributed by atoms with Crippen LogP contribution in [-0.4, -0.2) is 12.2 Å². The highest BCUT2D eigenvalue weighted by atomic mass is 35.5. The third-order valence-corrected chi connectivity index (χ3v) is 1.74. The fourth-order valence-electron chi connectivity index (χ4n) is 0.961. The standard InChI is InChI=1S/C9H7ClF2O/c10-8-3-1-2-7(4-8)5-9(11,12)6-13/h1-4,6H,5H2. The molecule has 0 spiro atoms. The summed E-state index contributed by atoms with van der Waals surface area (Å²) >= 11 is 5.58. The number of aldehydes is 1. The average molecular weight is 205 g/mol. The van der Waals surface area contributed by atoms with Crippen LogP contribution >= 0.6 is 11.6 Å². The average Bonchev–Trinajstić information content (AvgIpc) is 2.03. The van der Waals surface area contributed by atoms with Crippen LogP contribution in [0.5, 0.6) is 0 Å². The van der Waals surface area contributed by atoms with Gasteiger partial charge in [0, 0.05) is 11.4 Å². The Morgan fingerprint density at radius 1 is 1.46 bits per heavy atom. The molecule has 0 aliphatic carbocycles. The molecule has 0 aliphatic rings. The van der Waals surface area contributed by atoms with Crippen molar-refractivity contribution in [2.24, 2.45) is 0 Å². The number of carbonyl (C=O) groups is 1. The van der Waals surface area contributed by atoms with E-state index in [1.54, 1.807) is 12.1 Å². The van der Waals surface area contributed by atoms with Crippen molar-refractivity contribution in [3.63, 3.8) is 0 Å². The monoisotopic (exact) mass is 204 g/mol. The number of rotatable bonds is 3. The minimum Gasteiger partial charge on any atom is -0.297 e. The number of benzene rings is 1. The lowest BCUT2D eigenvalue weighted by molar-refractivity contribution is -0.128. The number of hydrogen-bond acceptors (Lipinski definition) is 1. The second-order valence-corrected chi connectivity index (χ2v) is 3.12. The van der Waals surface area contributed by atoms with Gasteiger partial charge in [0.05, 0.1) is 0 Å². The van der Waals surface area contributed by atoms with Gasteiger partial charge in [-0.05, 0) is 17.7 Å². The Morgan fingerprint density at radius 3 is 2.69 bits per heavy atom. The molecule has 4 heteroatoms. The Labute approximate surface area is 79.3 Å². The number of carbonyl (C=O) groups excluding carboxylic acids is 1. The lowest BCUT2D eigenvalue weighted by Crippen LogP contribution is -2.20. The van der Waals surface area contributed by atoms with E-state index in [9.17, 15) is 13.6 Å². The molecule has 0 fully saturated rings. The largest absolute Gasteiger partial charge is 0.306 e. The first kappa shape index (κ1) is 10.1. The first-order valence-electron chi connectivity index (χ1n) is 3.62. The van der Waals surface area contributed by atoms with E-state index in [1.165, 1.54) is 12.1 Å². The third-order valence-electron chi connectivity index (χ3n) is 1.50. The first-order valence-corrected chi connectivity index (χ1v) is 4.00. The van der Waals surface area contributed by atoms with Crippen LogP contribution < -0.4 is 0 Å². The van der Waals surface area contributed by atoms with E-state index < -0.39 is 12.3 Å². The van der Waals surface area contributed by atoms with Gasteiger partial charge >= 0.3 is 5.92 Å². The lowest BCUT2D eigenvalue weighted by Gasteiger charge is -2.08. The van der Waals surface area contributed by atoms with Crippen LogP contribution in [0.3, 0.4) is 0 Å². The zero-order chi connectivity index (χ0) is 9.90. The van der Waals surface area contributed by atoms with Crippen molar-refractivity contribution >= 4 is 17.9 Å². The summed E-state index contributed by atoms with van der Waals surface area (Å²) in [6.45, 7) is 0. The van der Waals surface area contributed by atoms with E-state index in [4.69, 9.17) is 11.6 Å². The number of alkyl halides is 2. The molecule has 1 nitrogen and oxygen atoms in total. The van der Waals surface area contributed by atoms with Gasteiger partial charge in [-0.2, -0.15) is 8.78 Å². The van der Waals surface area contributed by atoms with E-state index in [2.05, 4.69) is 0 Å². The van der Waals surface area contributed by atoms with Gasteiger partial charge < -0.3 is 0 Å². The molecule has 1 aromatic rings. The van der Waals surface area contributed by atoms with Crippen molar-refractivity contribution in [3.8, 4) is 0 Å². The van der Waals surface area contributed by atoms with Gasteiger partial charge in [0.25, 0.3) is 0 Å². The maximum atomic E-state index is 12.6. The van der Waals surface area contributed by atoms with Crippen molar-refractivity contribution < 1.29 is 13.6 Å². The molecule has 0 radical (unpaired) electrons. The van der Waals surface area contributed by atoms with Gasteiger partial charge in [-0.1, -0.05) is 23.7 Å². The quantitative estimate of drug-likeness (QED) is 0.692. The van der Waals surface area contributed by atoms with Gasteiger partial charge in [-0.25, -0.2) is 0 Å². The fraction of sp³-hybridized carbons (Fsp3) is 0.222. The summed E-state index contributed by atoms with van der Waals surface area (Å²) in [6, 6.07) is 6.07. The SMILES string of the molecule is O=CC(F)(F)Cc1cccc(Cl)c1. The first-order chi connectivity index (χ1) is 6.03. The van der Waals surface area contributed by atoms with Crippen LogP contribution in [0.4, 0.5) is 8.78 Å². The number of hydrogen-bond donors (Lipinski definition) is 0. The summed E-state index contributed by atoms with van der Waals surface area (Å²) in [4.78, 5) is 9.93. The van der Waals surface area contributed by atoms with Crippen LogP contribution in [0.25, 0.3) is 0 Å². The summed E-state index contributed by atoms with van der Waals surface area (Å²) in [6.07, 6.45) is -0.953. The normalized spacial score (nSPS) is 11.3. The molecule has 70 valence electrons. The minimum absolute atomic E-state index is 0.351. The molecule has 0 aliphatic heterocycles. The summed E-state index contributed by atoms with van der Waals surface area (Å²) < 4.78 is 25.1. The molecule has 1 aromatic carbocycles. The minimum atomic E-state index is -3.30. The zero-order valence-electron chi connectivity index (χ0n) is 6.64. The highest BCUT2D eigenvalue weighted by Gasteiger charge is 2.28. The topological polar surface area (TPSA) is 17.1 Å². The smallest absolute Gasteiger partial charge is 0.297 e. The maximum Gasteiger partial charge on any atom is 0.306 e. The molecule has 0 amide bonds. The van der Waals surface area contributed by atoms with E-state index >= 15 is 0 Å². The van der Waals surface area contributed by atoms with Crippen molar-refractivity contribution in [2.75, 3.05) is 0 Å². The summed E-state index contributed by atoms with van der Waals surface area (Å²) in [5.41, 5.74) is 0.351. The third kappa shape index (κ3) is 3.11. The van der Waals surface area contributed by atoms with Crippen molar-refractivity contribution in [1.82, 2.24) is 0 Å². The van der Waals surface area contributed by atoms with Gasteiger partial charge in [-0.15, -0.1) is 0 Å². The lowest BCUT2D eigenvalue weighted by atomic mass is 10.1. The molecule has 13 heavy (non-hydrogen) atoms. The van der Waals surface area contributed by atoms with Crippen molar-refractivity contribution in [2.45, 2.75) is 12.3 Å². The molecule has 0 heterocycles. The molecule has 0 saturated heterocycles. The molecule has 0 unspecified atom stereocenters. The number of halogens is 3. The van der Waals surface area contributed by atoms with Gasteiger partial charge in [-0.3, -0.25) is 4.79 Å². The van der Waals surface area contributed by atoms with Gasteiger partial charge in [0.1, 0.15) is 0 Å². The highest BCUT2D eigenvalue weighted by molar-refractivity contribution is 6.30. The van der Waals surface area contributed by atoms with E-state index in [0.29, 0.717) is 10.6 Å². The molecule has 0 bridgehead atoms. The van der Waals surface area contributed by atoms with E-state index in [0.717, 1.165) is 0 Å². The Kier molecular flexibility index (Phi) is 2.98. The Bertz CT molecular complexity index is 312. The second-order valence-electron chi connectivity index (χ2n) is 2.69. The van der Waals surface area contributed by atoms with E-state index in [1.807, 2.05) is 0 Å². The van der Waals surface area contributed by atoms with Crippen molar-refractivity contribution in [3.05, 3.63) is 34.9 Å². The summed E-state index contributed by atoms with van der Waals surface area (Å²) in [5, 5.41) is 0.388. The Hall–Kier alpha value is -0.960. The fourth-order valence-corrected chi connectivity index (χ4v) is 1.17. The van der Waals surface area contributed by atoms with Crippen LogP contribution in [0, 0.1) is 0 Å². The predicted molar refractivity (Wildman–Crippen MR) is 46.2 cm³/mol. The molecule has 1 rings (SSSR count). The van der Waals surface area contributed by atoms with Crippen LogP contribution in [-0.2, 0) is 11.2 Å². The molecule has 0 saturated carbocycles. The highest BCUT2D eigenvalue weighted by Crippen LogP contribution is 2.19. The maximum absolute atomic E-state index is 12.6. The molecule has 0 atom stereocenters. The van der Waals surface area contributed by atoms with Gasteiger partial charge in [0.2, 0.25) is 0 Å². The molecule has 0 aromatic heterocycles.